The molecule has 1 saturated heterocycles. The molecule has 96 valence electrons. The largest absolute Gasteiger partial charge is 0.326 e. The molecular formula is C12H15N3O3. The summed E-state index contributed by atoms with van der Waals surface area (Å²) in [6.07, 6.45) is 1.88. The van der Waals surface area contributed by atoms with E-state index in [4.69, 9.17) is 0 Å². The molecule has 0 radical (unpaired) electrons. The zero-order valence-electron chi connectivity index (χ0n) is 9.89. The van der Waals surface area contributed by atoms with Crippen molar-refractivity contribution in [2.45, 2.75) is 12.8 Å². The first-order chi connectivity index (χ1) is 8.66. The normalized spacial score (nSPS) is 19.2. The molecule has 6 heteroatoms. The van der Waals surface area contributed by atoms with E-state index >= 15 is 0 Å². The highest BCUT2D eigenvalue weighted by atomic mass is 16.6. The molecule has 2 N–H and O–H groups in total. The minimum atomic E-state index is -0.462. The molecule has 0 aliphatic carbocycles. The maximum absolute atomic E-state index is 11.9. The Balaban J connectivity index is 1.96. The number of non-ortho nitro benzene ring substituents is 1. The number of piperidine rings is 1. The second-order valence-electron chi connectivity index (χ2n) is 4.34. The van der Waals surface area contributed by atoms with Crippen LogP contribution in [0.5, 0.6) is 0 Å². The van der Waals surface area contributed by atoms with Crippen molar-refractivity contribution in [2.75, 3.05) is 18.4 Å². The lowest BCUT2D eigenvalue weighted by molar-refractivity contribution is -0.384. The average molecular weight is 249 g/mol. The van der Waals surface area contributed by atoms with Crippen LogP contribution in [0.2, 0.25) is 0 Å². The number of benzene rings is 1. The Morgan fingerprint density at radius 2 is 2.11 bits per heavy atom. The Kier molecular flexibility index (Phi) is 3.88. The maximum Gasteiger partial charge on any atom is 0.269 e. The van der Waals surface area contributed by atoms with Crippen molar-refractivity contribution < 1.29 is 9.72 Å². The van der Waals surface area contributed by atoms with E-state index in [9.17, 15) is 14.9 Å². The van der Waals surface area contributed by atoms with Crippen LogP contribution in [0.4, 0.5) is 11.4 Å². The predicted octanol–water partition coefficient (Wildman–Crippen LogP) is 1.53. The molecular weight excluding hydrogens is 234 g/mol. The molecule has 1 heterocycles. The summed E-state index contributed by atoms with van der Waals surface area (Å²) >= 11 is 0. The SMILES string of the molecule is O=C(Nc1ccc([N+](=O)[O-])cc1)C1CCCNC1. The Bertz CT molecular complexity index is 438. The van der Waals surface area contributed by atoms with Gasteiger partial charge in [0.05, 0.1) is 10.8 Å². The van der Waals surface area contributed by atoms with Gasteiger partial charge in [-0.15, -0.1) is 0 Å². The zero-order valence-corrected chi connectivity index (χ0v) is 9.89. The monoisotopic (exact) mass is 249 g/mol. The number of hydrogen-bond donors (Lipinski definition) is 2. The lowest BCUT2D eigenvalue weighted by atomic mass is 9.99. The van der Waals surface area contributed by atoms with Crippen LogP contribution in [0.3, 0.4) is 0 Å². The van der Waals surface area contributed by atoms with Gasteiger partial charge in [-0.3, -0.25) is 14.9 Å². The van der Waals surface area contributed by atoms with Crippen molar-refractivity contribution in [1.82, 2.24) is 5.32 Å². The molecule has 6 nitrogen and oxygen atoms in total. The van der Waals surface area contributed by atoms with Crippen molar-refractivity contribution in [2.24, 2.45) is 5.92 Å². The molecule has 1 aliphatic rings. The Hall–Kier alpha value is -1.95. The van der Waals surface area contributed by atoms with E-state index in [0.29, 0.717) is 12.2 Å². The molecule has 0 saturated carbocycles. The van der Waals surface area contributed by atoms with Gasteiger partial charge in [0.25, 0.3) is 5.69 Å². The van der Waals surface area contributed by atoms with Gasteiger partial charge in [-0.25, -0.2) is 0 Å². The Morgan fingerprint density at radius 1 is 1.39 bits per heavy atom. The van der Waals surface area contributed by atoms with Gasteiger partial charge in [-0.05, 0) is 31.5 Å². The first kappa shape index (κ1) is 12.5. The summed E-state index contributed by atoms with van der Waals surface area (Å²) < 4.78 is 0. The van der Waals surface area contributed by atoms with E-state index in [1.165, 1.54) is 12.1 Å². The number of nitrogens with zero attached hydrogens (tertiary/aromatic N) is 1. The summed E-state index contributed by atoms with van der Waals surface area (Å²) in [6.45, 7) is 1.65. The van der Waals surface area contributed by atoms with E-state index in [1.54, 1.807) is 12.1 Å². The third-order valence-electron chi connectivity index (χ3n) is 3.01. The number of hydrogen-bond acceptors (Lipinski definition) is 4. The highest BCUT2D eigenvalue weighted by Crippen LogP contribution is 2.17. The molecule has 18 heavy (non-hydrogen) atoms. The lowest BCUT2D eigenvalue weighted by Crippen LogP contribution is -2.37. The molecule has 1 amide bonds. The number of anilines is 1. The van der Waals surface area contributed by atoms with Crippen LogP contribution in [-0.4, -0.2) is 23.9 Å². The highest BCUT2D eigenvalue weighted by molar-refractivity contribution is 5.92. The van der Waals surface area contributed by atoms with E-state index in [2.05, 4.69) is 10.6 Å². The molecule has 0 bridgehead atoms. The quantitative estimate of drug-likeness (QED) is 0.628. The van der Waals surface area contributed by atoms with Gasteiger partial charge in [-0.2, -0.15) is 0 Å². The fourth-order valence-electron chi connectivity index (χ4n) is 1.99. The predicted molar refractivity (Wildman–Crippen MR) is 67.3 cm³/mol. The molecule has 1 aliphatic heterocycles. The fraction of sp³-hybridized carbons (Fsp3) is 0.417. The summed E-state index contributed by atoms with van der Waals surface area (Å²) in [5.41, 5.74) is 0.614. The Morgan fingerprint density at radius 3 is 2.67 bits per heavy atom. The first-order valence-corrected chi connectivity index (χ1v) is 5.93. The molecule has 2 rings (SSSR count). The van der Waals surface area contributed by atoms with Crippen LogP contribution in [-0.2, 0) is 4.79 Å². The van der Waals surface area contributed by atoms with E-state index in [0.717, 1.165) is 19.4 Å². The Labute approximate surface area is 105 Å². The van der Waals surface area contributed by atoms with E-state index < -0.39 is 4.92 Å². The number of carbonyl (C=O) groups excluding carboxylic acids is 1. The van der Waals surface area contributed by atoms with E-state index in [-0.39, 0.29) is 17.5 Å². The molecule has 0 spiro atoms. The number of nitro benzene ring substituents is 1. The minimum absolute atomic E-state index is 0.0195. The van der Waals surface area contributed by atoms with Gasteiger partial charge < -0.3 is 10.6 Å². The highest BCUT2D eigenvalue weighted by Gasteiger charge is 2.20. The second-order valence-corrected chi connectivity index (χ2v) is 4.34. The van der Waals surface area contributed by atoms with Crippen molar-refractivity contribution in [3.63, 3.8) is 0 Å². The number of nitrogens with one attached hydrogen (secondary N) is 2. The topological polar surface area (TPSA) is 84.3 Å². The standard InChI is InChI=1S/C12H15N3O3/c16-12(9-2-1-7-13-8-9)14-10-3-5-11(6-4-10)15(17)18/h3-6,9,13H,1-2,7-8H2,(H,14,16). The van der Waals surface area contributed by atoms with Crippen LogP contribution >= 0.6 is 0 Å². The summed E-state index contributed by atoms with van der Waals surface area (Å²) in [6, 6.07) is 5.86. The number of rotatable bonds is 3. The van der Waals surface area contributed by atoms with Gasteiger partial charge in [0.2, 0.25) is 5.91 Å². The molecule has 1 aromatic carbocycles. The van der Waals surface area contributed by atoms with Crippen molar-refractivity contribution >= 4 is 17.3 Å². The summed E-state index contributed by atoms with van der Waals surface area (Å²) in [5.74, 6) is -0.0509. The number of nitro groups is 1. The van der Waals surface area contributed by atoms with Gasteiger partial charge in [0.15, 0.2) is 0 Å². The molecule has 1 aromatic rings. The molecule has 0 aromatic heterocycles. The van der Waals surface area contributed by atoms with E-state index in [1.807, 2.05) is 0 Å². The average Bonchev–Trinajstić information content (AvgIpc) is 2.40. The fourth-order valence-corrected chi connectivity index (χ4v) is 1.99. The first-order valence-electron chi connectivity index (χ1n) is 5.93. The smallest absolute Gasteiger partial charge is 0.269 e. The van der Waals surface area contributed by atoms with Gasteiger partial charge in [-0.1, -0.05) is 0 Å². The van der Waals surface area contributed by atoms with Crippen molar-refractivity contribution in [3.05, 3.63) is 34.4 Å². The second kappa shape index (κ2) is 5.59. The minimum Gasteiger partial charge on any atom is -0.326 e. The molecule has 1 unspecified atom stereocenters. The van der Waals surface area contributed by atoms with Crippen LogP contribution < -0.4 is 10.6 Å². The van der Waals surface area contributed by atoms with Crippen LogP contribution in [0.1, 0.15) is 12.8 Å². The molecule has 1 fully saturated rings. The number of amides is 1. The van der Waals surface area contributed by atoms with Gasteiger partial charge in [0, 0.05) is 24.4 Å². The maximum atomic E-state index is 11.9. The van der Waals surface area contributed by atoms with Gasteiger partial charge >= 0.3 is 0 Å². The number of carbonyl (C=O) groups is 1. The van der Waals surface area contributed by atoms with Crippen LogP contribution in [0, 0.1) is 16.0 Å². The van der Waals surface area contributed by atoms with Crippen LogP contribution in [0.15, 0.2) is 24.3 Å². The summed E-state index contributed by atoms with van der Waals surface area (Å²) in [5, 5.41) is 16.4. The molecule has 1 atom stereocenters. The summed E-state index contributed by atoms with van der Waals surface area (Å²) in [4.78, 5) is 21.9. The third-order valence-corrected chi connectivity index (χ3v) is 3.01. The zero-order chi connectivity index (χ0) is 13.0. The lowest BCUT2D eigenvalue weighted by Gasteiger charge is -2.21. The van der Waals surface area contributed by atoms with Gasteiger partial charge in [0.1, 0.15) is 0 Å². The summed E-state index contributed by atoms with van der Waals surface area (Å²) in [7, 11) is 0. The van der Waals surface area contributed by atoms with Crippen molar-refractivity contribution in [3.8, 4) is 0 Å². The van der Waals surface area contributed by atoms with Crippen LogP contribution in [0.25, 0.3) is 0 Å². The van der Waals surface area contributed by atoms with Crippen molar-refractivity contribution in [1.29, 1.82) is 0 Å². The third kappa shape index (κ3) is 3.04.